The van der Waals surface area contributed by atoms with Gasteiger partial charge in [0.2, 0.25) is 0 Å². The van der Waals surface area contributed by atoms with Crippen molar-refractivity contribution in [3.63, 3.8) is 0 Å². The number of hydrogen-bond donors (Lipinski definition) is 2. The Hall–Kier alpha value is -2.34. The Kier molecular flexibility index (Phi) is 3.76. The minimum absolute atomic E-state index is 0.397. The largest absolute Gasteiger partial charge is 0.497 e. The second-order valence-corrected chi connectivity index (χ2v) is 6.41. The van der Waals surface area contributed by atoms with Crippen LogP contribution in [0.4, 0.5) is 5.69 Å². The molecule has 0 radical (unpaired) electrons. The van der Waals surface area contributed by atoms with Crippen LogP contribution in [-0.4, -0.2) is 41.5 Å². The van der Waals surface area contributed by atoms with Crippen LogP contribution in [0, 0.1) is 13.8 Å². The molecule has 0 amide bonds. The molecule has 0 bridgehead atoms. The lowest BCUT2D eigenvalue weighted by Gasteiger charge is -2.25. The molecule has 2 aromatic heterocycles. The molecular formula is C18H22N4O2. The van der Waals surface area contributed by atoms with Gasteiger partial charge in [0.05, 0.1) is 23.7 Å². The number of fused-ring (bicyclic) bond motifs is 2. The van der Waals surface area contributed by atoms with Gasteiger partial charge < -0.3 is 14.8 Å². The quantitative estimate of drug-likeness (QED) is 0.772. The van der Waals surface area contributed by atoms with Crippen molar-refractivity contribution in [1.29, 1.82) is 0 Å². The van der Waals surface area contributed by atoms with E-state index in [9.17, 15) is 0 Å². The summed E-state index contributed by atoms with van der Waals surface area (Å²) in [6.45, 7) is 5.69. The Balaban J connectivity index is 1.96. The van der Waals surface area contributed by atoms with Crippen LogP contribution in [0.3, 0.4) is 0 Å². The van der Waals surface area contributed by atoms with Crippen molar-refractivity contribution in [3.05, 3.63) is 23.4 Å². The van der Waals surface area contributed by atoms with E-state index in [0.29, 0.717) is 6.04 Å². The normalized spacial score (nSPS) is 16.0. The Morgan fingerprint density at radius 1 is 1.25 bits per heavy atom. The molecule has 1 fully saturated rings. The van der Waals surface area contributed by atoms with Gasteiger partial charge in [-0.2, -0.15) is 5.10 Å². The standard InChI is InChI=1S/C18H22N4O2/c1-10-8-13(23-3)9-14-16(10)20-18-15(11(2)21-22-18)17(14)19-12-4-6-24-7-5-12/h8-9,12H,4-7H2,1-3H3,(H2,19,20,21,22). The summed E-state index contributed by atoms with van der Waals surface area (Å²) in [4.78, 5) is 4.76. The second-order valence-electron chi connectivity index (χ2n) is 6.41. The number of rotatable bonds is 3. The first-order valence-corrected chi connectivity index (χ1v) is 8.34. The van der Waals surface area contributed by atoms with Gasteiger partial charge in [-0.05, 0) is 44.4 Å². The smallest absolute Gasteiger partial charge is 0.183 e. The van der Waals surface area contributed by atoms with E-state index >= 15 is 0 Å². The van der Waals surface area contributed by atoms with Gasteiger partial charge in [0.25, 0.3) is 0 Å². The minimum Gasteiger partial charge on any atom is -0.497 e. The van der Waals surface area contributed by atoms with E-state index in [1.807, 2.05) is 13.0 Å². The SMILES string of the molecule is COc1cc(C)c2nc3n[nH]c(C)c3c(NC3CCOCC3)c2c1. The molecule has 1 aromatic carbocycles. The zero-order chi connectivity index (χ0) is 16.7. The molecule has 6 heteroatoms. The van der Waals surface area contributed by atoms with Crippen molar-refractivity contribution in [1.82, 2.24) is 15.2 Å². The lowest BCUT2D eigenvalue weighted by atomic mass is 10.0. The van der Waals surface area contributed by atoms with E-state index in [4.69, 9.17) is 14.5 Å². The van der Waals surface area contributed by atoms with Gasteiger partial charge in [-0.25, -0.2) is 4.98 Å². The summed E-state index contributed by atoms with van der Waals surface area (Å²) in [6, 6.07) is 4.47. The first-order chi connectivity index (χ1) is 11.7. The summed E-state index contributed by atoms with van der Waals surface area (Å²) in [5, 5.41) is 13.3. The highest BCUT2D eigenvalue weighted by molar-refractivity contribution is 6.08. The van der Waals surface area contributed by atoms with E-state index in [-0.39, 0.29) is 0 Å². The summed E-state index contributed by atoms with van der Waals surface area (Å²) < 4.78 is 11.0. The predicted octanol–water partition coefficient (Wildman–Crippen LogP) is 3.33. The maximum absolute atomic E-state index is 5.49. The molecule has 2 N–H and O–H groups in total. The van der Waals surface area contributed by atoms with Crippen LogP contribution >= 0.6 is 0 Å². The molecule has 3 heterocycles. The molecule has 1 aliphatic heterocycles. The Bertz CT molecular complexity index is 897. The zero-order valence-corrected chi connectivity index (χ0v) is 14.3. The molecule has 0 atom stereocenters. The van der Waals surface area contributed by atoms with Gasteiger partial charge in [0, 0.05) is 30.3 Å². The molecule has 0 unspecified atom stereocenters. The molecule has 126 valence electrons. The van der Waals surface area contributed by atoms with Gasteiger partial charge in [0.1, 0.15) is 5.75 Å². The average Bonchev–Trinajstić information content (AvgIpc) is 2.97. The highest BCUT2D eigenvalue weighted by Crippen LogP contribution is 2.36. The van der Waals surface area contributed by atoms with Gasteiger partial charge in [-0.1, -0.05) is 0 Å². The number of benzene rings is 1. The third-order valence-electron chi connectivity index (χ3n) is 4.74. The molecular weight excluding hydrogens is 304 g/mol. The van der Waals surface area contributed by atoms with E-state index < -0.39 is 0 Å². The molecule has 1 saturated heterocycles. The summed E-state index contributed by atoms with van der Waals surface area (Å²) in [5.41, 5.74) is 4.92. The van der Waals surface area contributed by atoms with Crippen molar-refractivity contribution < 1.29 is 9.47 Å². The van der Waals surface area contributed by atoms with Gasteiger partial charge in [-0.3, -0.25) is 5.10 Å². The third-order valence-corrected chi connectivity index (χ3v) is 4.74. The Morgan fingerprint density at radius 2 is 2.04 bits per heavy atom. The number of nitrogens with zero attached hydrogens (tertiary/aromatic N) is 2. The summed E-state index contributed by atoms with van der Waals surface area (Å²) in [5.74, 6) is 0.845. The first-order valence-electron chi connectivity index (χ1n) is 8.34. The van der Waals surface area contributed by atoms with Crippen molar-refractivity contribution >= 4 is 27.6 Å². The summed E-state index contributed by atoms with van der Waals surface area (Å²) in [6.07, 6.45) is 2.01. The van der Waals surface area contributed by atoms with Crippen molar-refractivity contribution in [2.24, 2.45) is 0 Å². The number of H-pyrrole nitrogens is 1. The molecule has 0 spiro atoms. The van der Waals surface area contributed by atoms with E-state index in [2.05, 4.69) is 28.5 Å². The topological polar surface area (TPSA) is 72.1 Å². The number of hydrogen-bond acceptors (Lipinski definition) is 5. The van der Waals surface area contributed by atoms with Gasteiger partial charge >= 0.3 is 0 Å². The van der Waals surface area contributed by atoms with Crippen molar-refractivity contribution in [2.45, 2.75) is 32.7 Å². The number of methoxy groups -OCH3 is 1. The fourth-order valence-corrected chi connectivity index (χ4v) is 3.44. The van der Waals surface area contributed by atoms with Crippen LogP contribution in [0.5, 0.6) is 5.75 Å². The van der Waals surface area contributed by atoms with Crippen LogP contribution < -0.4 is 10.1 Å². The number of pyridine rings is 1. The lowest BCUT2D eigenvalue weighted by molar-refractivity contribution is 0.0905. The maximum Gasteiger partial charge on any atom is 0.183 e. The van der Waals surface area contributed by atoms with Crippen LogP contribution in [0.15, 0.2) is 12.1 Å². The minimum atomic E-state index is 0.397. The van der Waals surface area contributed by atoms with Crippen LogP contribution in [-0.2, 0) is 4.74 Å². The summed E-state index contributed by atoms with van der Waals surface area (Å²) in [7, 11) is 1.70. The van der Waals surface area contributed by atoms with Crippen LogP contribution in [0.25, 0.3) is 21.9 Å². The molecule has 4 rings (SSSR count). The number of aryl methyl sites for hydroxylation is 2. The zero-order valence-electron chi connectivity index (χ0n) is 14.3. The molecule has 0 aliphatic carbocycles. The number of aromatic nitrogens is 3. The Labute approximate surface area is 140 Å². The van der Waals surface area contributed by atoms with Crippen LogP contribution in [0.1, 0.15) is 24.1 Å². The predicted molar refractivity (Wildman–Crippen MR) is 94.9 cm³/mol. The molecule has 0 saturated carbocycles. The maximum atomic E-state index is 5.49. The van der Waals surface area contributed by atoms with E-state index in [0.717, 1.165) is 70.7 Å². The Morgan fingerprint density at radius 3 is 2.79 bits per heavy atom. The average molecular weight is 326 g/mol. The molecule has 24 heavy (non-hydrogen) atoms. The number of nitrogens with one attached hydrogen (secondary N) is 2. The van der Waals surface area contributed by atoms with Gasteiger partial charge in [-0.15, -0.1) is 0 Å². The highest BCUT2D eigenvalue weighted by atomic mass is 16.5. The summed E-state index contributed by atoms with van der Waals surface area (Å²) >= 11 is 0. The highest BCUT2D eigenvalue weighted by Gasteiger charge is 2.20. The number of ether oxygens (including phenoxy) is 2. The van der Waals surface area contributed by atoms with Crippen molar-refractivity contribution in [2.75, 3.05) is 25.6 Å². The lowest BCUT2D eigenvalue weighted by Crippen LogP contribution is -2.28. The number of aromatic amines is 1. The molecule has 3 aromatic rings. The fourth-order valence-electron chi connectivity index (χ4n) is 3.44. The second kappa shape index (κ2) is 5.94. The fraction of sp³-hybridized carbons (Fsp3) is 0.444. The molecule has 6 nitrogen and oxygen atoms in total. The van der Waals surface area contributed by atoms with Crippen LogP contribution in [0.2, 0.25) is 0 Å². The van der Waals surface area contributed by atoms with E-state index in [1.165, 1.54) is 0 Å². The third kappa shape index (κ3) is 2.47. The monoisotopic (exact) mass is 326 g/mol. The van der Waals surface area contributed by atoms with E-state index in [1.54, 1.807) is 7.11 Å². The van der Waals surface area contributed by atoms with Gasteiger partial charge in [0.15, 0.2) is 5.65 Å². The first kappa shape index (κ1) is 15.2. The van der Waals surface area contributed by atoms with Crippen molar-refractivity contribution in [3.8, 4) is 5.75 Å². The molecule has 1 aliphatic rings. The number of anilines is 1.